The Kier molecular flexibility index (Phi) is 3.93. The predicted octanol–water partition coefficient (Wildman–Crippen LogP) is 0.975. The summed E-state index contributed by atoms with van der Waals surface area (Å²) in [5, 5.41) is 7.40. The third-order valence-electron chi connectivity index (χ3n) is 3.00. The van der Waals surface area contributed by atoms with Gasteiger partial charge in [0.15, 0.2) is 0 Å². The van der Waals surface area contributed by atoms with Gasteiger partial charge in [-0.2, -0.15) is 0 Å². The molecular weight excluding hydrogens is 228 g/mol. The number of hydrogen-bond acceptors (Lipinski definition) is 4. The van der Waals surface area contributed by atoms with Crippen LogP contribution in [0.1, 0.15) is 25.1 Å². The Morgan fingerprint density at radius 3 is 2.78 bits per heavy atom. The third-order valence-corrected chi connectivity index (χ3v) is 3.00. The molecule has 1 aliphatic heterocycles. The van der Waals surface area contributed by atoms with E-state index >= 15 is 0 Å². The van der Waals surface area contributed by atoms with Crippen LogP contribution in [-0.2, 0) is 11.3 Å². The van der Waals surface area contributed by atoms with Crippen LogP contribution in [0.4, 0.5) is 0 Å². The van der Waals surface area contributed by atoms with Crippen LogP contribution < -0.4 is 5.73 Å². The average Bonchev–Trinajstić information content (AvgIpc) is 2.27. The Labute approximate surface area is 107 Å². The first-order chi connectivity index (χ1) is 8.54. The van der Waals surface area contributed by atoms with Crippen molar-refractivity contribution in [2.75, 3.05) is 13.1 Å². The molecule has 1 aliphatic rings. The van der Waals surface area contributed by atoms with Gasteiger partial charge >= 0.3 is 0 Å². The first-order valence-electron chi connectivity index (χ1n) is 6.21. The molecule has 0 bridgehead atoms. The lowest BCUT2D eigenvalue weighted by Gasteiger charge is -2.35. The Bertz CT molecular complexity index is 425. The van der Waals surface area contributed by atoms with Crippen LogP contribution >= 0.6 is 0 Å². The Morgan fingerprint density at radius 2 is 2.17 bits per heavy atom. The lowest BCUT2D eigenvalue weighted by atomic mass is 10.1. The number of rotatable bonds is 3. The minimum absolute atomic E-state index is 0.0144. The summed E-state index contributed by atoms with van der Waals surface area (Å²) in [6.45, 7) is 6.90. The van der Waals surface area contributed by atoms with Gasteiger partial charge < -0.3 is 10.5 Å². The number of aromatic nitrogens is 1. The Balaban J connectivity index is 2.04. The van der Waals surface area contributed by atoms with Crippen molar-refractivity contribution in [1.29, 1.82) is 5.41 Å². The number of ether oxygens (including phenoxy) is 1. The van der Waals surface area contributed by atoms with Crippen molar-refractivity contribution >= 4 is 5.84 Å². The molecule has 1 saturated heterocycles. The van der Waals surface area contributed by atoms with E-state index < -0.39 is 0 Å². The molecule has 1 aromatic heterocycles. The maximum Gasteiger partial charge on any atom is 0.141 e. The van der Waals surface area contributed by atoms with E-state index in [0.717, 1.165) is 25.2 Å². The lowest BCUT2D eigenvalue weighted by Crippen LogP contribution is -2.44. The Morgan fingerprint density at radius 1 is 1.50 bits per heavy atom. The van der Waals surface area contributed by atoms with Gasteiger partial charge in [-0.15, -0.1) is 0 Å². The SMILES string of the molecule is CC1CN(Cc2ccnc(C(=N)N)c2)CC(C)O1. The number of nitrogens with zero attached hydrogens (tertiary/aromatic N) is 2. The van der Waals surface area contributed by atoms with Crippen molar-refractivity contribution in [2.24, 2.45) is 5.73 Å². The molecule has 2 atom stereocenters. The van der Waals surface area contributed by atoms with Crippen LogP contribution in [0.25, 0.3) is 0 Å². The number of hydrogen-bond donors (Lipinski definition) is 2. The molecule has 98 valence electrons. The van der Waals surface area contributed by atoms with E-state index in [1.165, 1.54) is 0 Å². The van der Waals surface area contributed by atoms with Crippen LogP contribution in [0.15, 0.2) is 18.3 Å². The van der Waals surface area contributed by atoms with Crippen molar-refractivity contribution in [3.63, 3.8) is 0 Å². The smallest absolute Gasteiger partial charge is 0.141 e. The molecule has 0 spiro atoms. The number of pyridine rings is 1. The van der Waals surface area contributed by atoms with Gasteiger partial charge in [0.25, 0.3) is 0 Å². The van der Waals surface area contributed by atoms with Crippen LogP contribution in [-0.4, -0.2) is 41.0 Å². The molecule has 18 heavy (non-hydrogen) atoms. The maximum atomic E-state index is 7.40. The van der Waals surface area contributed by atoms with Gasteiger partial charge in [-0.3, -0.25) is 15.3 Å². The number of nitrogen functional groups attached to an aromatic ring is 1. The zero-order chi connectivity index (χ0) is 13.1. The molecule has 0 aliphatic carbocycles. The highest BCUT2D eigenvalue weighted by Gasteiger charge is 2.22. The molecular formula is C13H20N4O. The maximum absolute atomic E-state index is 7.40. The largest absolute Gasteiger partial charge is 0.382 e. The third kappa shape index (κ3) is 3.27. The molecule has 2 heterocycles. The summed E-state index contributed by atoms with van der Waals surface area (Å²) in [7, 11) is 0. The minimum Gasteiger partial charge on any atom is -0.382 e. The van der Waals surface area contributed by atoms with E-state index in [-0.39, 0.29) is 18.0 Å². The van der Waals surface area contributed by atoms with E-state index in [1.807, 2.05) is 12.1 Å². The van der Waals surface area contributed by atoms with Crippen LogP contribution in [0.3, 0.4) is 0 Å². The summed E-state index contributed by atoms with van der Waals surface area (Å²) < 4.78 is 5.71. The molecule has 2 rings (SSSR count). The first-order valence-corrected chi connectivity index (χ1v) is 6.21. The van der Waals surface area contributed by atoms with Crippen molar-refractivity contribution in [2.45, 2.75) is 32.6 Å². The molecule has 1 fully saturated rings. The minimum atomic E-state index is 0.0144. The van der Waals surface area contributed by atoms with Crippen LogP contribution in [0.5, 0.6) is 0 Å². The van der Waals surface area contributed by atoms with Crippen LogP contribution in [0, 0.1) is 5.41 Å². The second-order valence-electron chi connectivity index (χ2n) is 4.91. The van der Waals surface area contributed by atoms with Crippen molar-refractivity contribution in [3.05, 3.63) is 29.6 Å². The van der Waals surface area contributed by atoms with Gasteiger partial charge in [0.2, 0.25) is 0 Å². The van der Waals surface area contributed by atoms with E-state index in [2.05, 4.69) is 23.7 Å². The lowest BCUT2D eigenvalue weighted by molar-refractivity contribution is -0.0704. The van der Waals surface area contributed by atoms with Crippen molar-refractivity contribution in [1.82, 2.24) is 9.88 Å². The monoisotopic (exact) mass is 248 g/mol. The normalized spacial score (nSPS) is 25.0. The zero-order valence-electron chi connectivity index (χ0n) is 10.9. The average molecular weight is 248 g/mol. The van der Waals surface area contributed by atoms with Crippen molar-refractivity contribution in [3.8, 4) is 0 Å². The van der Waals surface area contributed by atoms with E-state index in [1.54, 1.807) is 6.20 Å². The summed E-state index contributed by atoms with van der Waals surface area (Å²) >= 11 is 0. The quantitative estimate of drug-likeness (QED) is 0.617. The zero-order valence-corrected chi connectivity index (χ0v) is 10.9. The number of morpholine rings is 1. The van der Waals surface area contributed by atoms with E-state index in [4.69, 9.17) is 15.9 Å². The molecule has 0 aromatic carbocycles. The van der Waals surface area contributed by atoms with Gasteiger partial charge in [-0.25, -0.2) is 0 Å². The second-order valence-corrected chi connectivity index (χ2v) is 4.91. The summed E-state index contributed by atoms with van der Waals surface area (Å²) in [5.74, 6) is 0.0144. The summed E-state index contributed by atoms with van der Waals surface area (Å²) in [6, 6.07) is 3.85. The molecule has 3 N–H and O–H groups in total. The van der Waals surface area contributed by atoms with Gasteiger partial charge in [0.05, 0.1) is 12.2 Å². The summed E-state index contributed by atoms with van der Waals surface area (Å²) in [5.41, 5.74) is 7.13. The van der Waals surface area contributed by atoms with Gasteiger partial charge in [-0.05, 0) is 31.5 Å². The van der Waals surface area contributed by atoms with E-state index in [0.29, 0.717) is 5.69 Å². The fourth-order valence-electron chi connectivity index (χ4n) is 2.39. The molecule has 0 amide bonds. The topological polar surface area (TPSA) is 75.2 Å². The molecule has 2 unspecified atom stereocenters. The molecule has 5 heteroatoms. The number of nitrogens with one attached hydrogen (secondary N) is 1. The predicted molar refractivity (Wildman–Crippen MR) is 70.5 cm³/mol. The number of nitrogens with two attached hydrogens (primary N) is 1. The summed E-state index contributed by atoms with van der Waals surface area (Å²) in [6.07, 6.45) is 2.24. The highest BCUT2D eigenvalue weighted by molar-refractivity contribution is 5.93. The molecule has 0 saturated carbocycles. The van der Waals surface area contributed by atoms with Gasteiger partial charge in [0, 0.05) is 25.8 Å². The molecule has 5 nitrogen and oxygen atoms in total. The molecule has 0 radical (unpaired) electrons. The highest BCUT2D eigenvalue weighted by Crippen LogP contribution is 2.14. The van der Waals surface area contributed by atoms with E-state index in [9.17, 15) is 0 Å². The van der Waals surface area contributed by atoms with Crippen LogP contribution in [0.2, 0.25) is 0 Å². The first kappa shape index (κ1) is 13.0. The molecule has 1 aromatic rings. The fraction of sp³-hybridized carbons (Fsp3) is 0.538. The fourth-order valence-corrected chi connectivity index (χ4v) is 2.39. The summed E-state index contributed by atoms with van der Waals surface area (Å²) in [4.78, 5) is 6.43. The van der Waals surface area contributed by atoms with Crippen molar-refractivity contribution < 1.29 is 4.74 Å². The number of amidine groups is 1. The highest BCUT2D eigenvalue weighted by atomic mass is 16.5. The Hall–Kier alpha value is -1.46. The van der Waals surface area contributed by atoms with Gasteiger partial charge in [0.1, 0.15) is 11.5 Å². The second kappa shape index (κ2) is 5.46. The standard InChI is InChI=1S/C13H20N4O/c1-9-6-17(7-10(2)18-9)8-11-3-4-16-12(5-11)13(14)15/h3-5,9-10H,6-8H2,1-2H3,(H3,14,15). The van der Waals surface area contributed by atoms with Gasteiger partial charge in [-0.1, -0.05) is 0 Å².